The Labute approximate surface area is 163 Å². The van der Waals surface area contributed by atoms with Crippen molar-refractivity contribution in [3.8, 4) is 5.75 Å². The van der Waals surface area contributed by atoms with E-state index in [-0.39, 0.29) is 37.2 Å². The average molecular weight is 384 g/mol. The van der Waals surface area contributed by atoms with Gasteiger partial charge < -0.3 is 25.6 Å². The predicted octanol–water partition coefficient (Wildman–Crippen LogP) is 0.829. The molecule has 0 bridgehead atoms. The maximum absolute atomic E-state index is 12.6. The standard InChI is InChI=1S/C21H24N2O5/c1-22-20(27)16-10-14(19(26)23-8-5-9-24)11-17-18(16)28-13-21(17,12-25)15-6-3-2-4-7-15/h2-4,6-7,10-11,24-25H,5,8-9,12-13H2,1H3,(H,22,27)(H,23,26)/t21-/m1/s1. The minimum absolute atomic E-state index is 0.0244. The summed E-state index contributed by atoms with van der Waals surface area (Å²) in [5.74, 6) is -0.347. The Bertz CT molecular complexity index is 869. The molecule has 2 aromatic carbocycles. The molecule has 0 spiro atoms. The van der Waals surface area contributed by atoms with Crippen LogP contribution >= 0.6 is 0 Å². The van der Waals surface area contributed by atoms with E-state index in [0.717, 1.165) is 5.56 Å². The first kappa shape index (κ1) is 19.9. The normalized spacial score (nSPS) is 17.5. The molecule has 2 amide bonds. The highest BCUT2D eigenvalue weighted by molar-refractivity contribution is 6.02. The number of ether oxygens (including phenoxy) is 1. The molecule has 0 unspecified atom stereocenters. The fraction of sp³-hybridized carbons (Fsp3) is 0.333. The first-order valence-corrected chi connectivity index (χ1v) is 9.16. The lowest BCUT2D eigenvalue weighted by molar-refractivity contribution is 0.0950. The molecular formula is C21H24N2O5. The molecule has 4 N–H and O–H groups in total. The number of benzene rings is 2. The van der Waals surface area contributed by atoms with Crippen molar-refractivity contribution in [1.82, 2.24) is 10.6 Å². The van der Waals surface area contributed by atoms with E-state index in [4.69, 9.17) is 9.84 Å². The molecule has 148 valence electrons. The van der Waals surface area contributed by atoms with Crippen molar-refractivity contribution in [2.75, 3.05) is 33.4 Å². The number of amides is 2. The summed E-state index contributed by atoms with van der Waals surface area (Å²) in [5.41, 5.74) is 1.14. The van der Waals surface area contributed by atoms with Crippen LogP contribution in [0.1, 0.15) is 38.3 Å². The average Bonchev–Trinajstić information content (AvgIpc) is 3.13. The molecule has 1 aliphatic rings. The molecule has 2 aromatic rings. The Hall–Kier alpha value is -2.90. The summed E-state index contributed by atoms with van der Waals surface area (Å²) in [6.07, 6.45) is 0.437. The first-order valence-electron chi connectivity index (χ1n) is 9.16. The molecule has 0 saturated heterocycles. The van der Waals surface area contributed by atoms with Gasteiger partial charge >= 0.3 is 0 Å². The van der Waals surface area contributed by atoms with Gasteiger partial charge in [0.1, 0.15) is 12.4 Å². The van der Waals surface area contributed by atoms with E-state index >= 15 is 0 Å². The van der Waals surface area contributed by atoms with Crippen molar-refractivity contribution >= 4 is 11.8 Å². The van der Waals surface area contributed by atoms with E-state index in [9.17, 15) is 14.7 Å². The van der Waals surface area contributed by atoms with Crippen molar-refractivity contribution in [2.45, 2.75) is 11.8 Å². The van der Waals surface area contributed by atoms with E-state index in [0.29, 0.717) is 29.8 Å². The summed E-state index contributed by atoms with van der Waals surface area (Å²) in [4.78, 5) is 25.0. The number of carbonyl (C=O) groups excluding carboxylic acids is 2. The molecular weight excluding hydrogens is 360 g/mol. The van der Waals surface area contributed by atoms with Gasteiger partial charge in [-0.3, -0.25) is 9.59 Å². The van der Waals surface area contributed by atoms with Gasteiger partial charge in [0.05, 0.1) is 17.6 Å². The zero-order valence-corrected chi connectivity index (χ0v) is 15.7. The first-order chi connectivity index (χ1) is 13.6. The Morgan fingerprint density at radius 3 is 2.54 bits per heavy atom. The zero-order chi connectivity index (χ0) is 20.1. The highest BCUT2D eigenvalue weighted by Crippen LogP contribution is 2.45. The second-order valence-corrected chi connectivity index (χ2v) is 6.71. The number of nitrogens with one attached hydrogen (secondary N) is 2. The molecule has 0 saturated carbocycles. The number of fused-ring (bicyclic) bond motifs is 1. The molecule has 7 heteroatoms. The third-order valence-corrected chi connectivity index (χ3v) is 5.02. The van der Waals surface area contributed by atoms with Crippen LogP contribution in [-0.2, 0) is 5.41 Å². The van der Waals surface area contributed by atoms with Crippen molar-refractivity contribution in [3.05, 3.63) is 64.7 Å². The Morgan fingerprint density at radius 1 is 1.14 bits per heavy atom. The van der Waals surface area contributed by atoms with E-state index in [1.807, 2.05) is 30.3 Å². The fourth-order valence-corrected chi connectivity index (χ4v) is 3.45. The minimum atomic E-state index is -0.860. The molecule has 0 aromatic heterocycles. The lowest BCUT2D eigenvalue weighted by Crippen LogP contribution is -2.34. The molecule has 3 rings (SSSR count). The van der Waals surface area contributed by atoms with Crippen LogP contribution in [0.5, 0.6) is 5.75 Å². The Kier molecular flexibility index (Phi) is 5.96. The third-order valence-electron chi connectivity index (χ3n) is 5.02. The van der Waals surface area contributed by atoms with Crippen LogP contribution in [-0.4, -0.2) is 55.4 Å². The second kappa shape index (κ2) is 8.41. The Balaban J connectivity index is 2.12. The van der Waals surface area contributed by atoms with Gasteiger partial charge in [0.2, 0.25) is 0 Å². The van der Waals surface area contributed by atoms with Gasteiger partial charge in [-0.1, -0.05) is 30.3 Å². The number of hydrogen-bond donors (Lipinski definition) is 4. The smallest absolute Gasteiger partial charge is 0.254 e. The third kappa shape index (κ3) is 3.46. The van der Waals surface area contributed by atoms with E-state index < -0.39 is 5.41 Å². The van der Waals surface area contributed by atoms with Crippen LogP contribution < -0.4 is 15.4 Å². The molecule has 1 atom stereocenters. The van der Waals surface area contributed by atoms with Crippen LogP contribution in [0.3, 0.4) is 0 Å². The molecule has 0 aliphatic carbocycles. The van der Waals surface area contributed by atoms with Gasteiger partial charge in [0.15, 0.2) is 0 Å². The summed E-state index contributed by atoms with van der Waals surface area (Å²) in [5, 5.41) is 24.5. The summed E-state index contributed by atoms with van der Waals surface area (Å²) in [6.45, 7) is 0.237. The lowest BCUT2D eigenvalue weighted by atomic mass is 9.76. The molecule has 7 nitrogen and oxygen atoms in total. The predicted molar refractivity (Wildman–Crippen MR) is 104 cm³/mol. The van der Waals surface area contributed by atoms with E-state index in [1.165, 1.54) is 13.1 Å². The van der Waals surface area contributed by atoms with Gasteiger partial charge in [-0.15, -0.1) is 0 Å². The largest absolute Gasteiger partial charge is 0.491 e. The van der Waals surface area contributed by atoms with Crippen LogP contribution in [0, 0.1) is 0 Å². The van der Waals surface area contributed by atoms with Crippen LogP contribution in [0.4, 0.5) is 0 Å². The maximum atomic E-state index is 12.6. The molecule has 28 heavy (non-hydrogen) atoms. The van der Waals surface area contributed by atoms with Gasteiger partial charge in [-0.25, -0.2) is 0 Å². The fourth-order valence-electron chi connectivity index (χ4n) is 3.45. The topological polar surface area (TPSA) is 108 Å². The molecule has 1 aliphatic heterocycles. The summed E-state index contributed by atoms with van der Waals surface area (Å²) in [6, 6.07) is 12.6. The molecule has 0 radical (unpaired) electrons. The van der Waals surface area contributed by atoms with Gasteiger partial charge in [0.25, 0.3) is 11.8 Å². The zero-order valence-electron chi connectivity index (χ0n) is 15.7. The summed E-state index contributed by atoms with van der Waals surface area (Å²) < 4.78 is 5.86. The highest BCUT2D eigenvalue weighted by Gasteiger charge is 2.44. The van der Waals surface area contributed by atoms with Crippen molar-refractivity contribution < 1.29 is 24.5 Å². The van der Waals surface area contributed by atoms with Crippen molar-refractivity contribution in [2.24, 2.45) is 0 Å². The number of carbonyl (C=O) groups is 2. The number of rotatable bonds is 7. The lowest BCUT2D eigenvalue weighted by Gasteiger charge is -2.26. The van der Waals surface area contributed by atoms with Gasteiger partial charge in [-0.05, 0) is 24.1 Å². The summed E-state index contributed by atoms with van der Waals surface area (Å²) in [7, 11) is 1.51. The van der Waals surface area contributed by atoms with Crippen LogP contribution in [0.2, 0.25) is 0 Å². The van der Waals surface area contributed by atoms with E-state index in [1.54, 1.807) is 6.07 Å². The van der Waals surface area contributed by atoms with Crippen molar-refractivity contribution in [3.63, 3.8) is 0 Å². The SMILES string of the molecule is CNC(=O)c1cc(C(=O)NCCCO)cc2c1OC[C@]2(CO)c1ccccc1. The van der Waals surface area contributed by atoms with Crippen LogP contribution in [0.25, 0.3) is 0 Å². The van der Waals surface area contributed by atoms with Crippen LogP contribution in [0.15, 0.2) is 42.5 Å². The number of aliphatic hydroxyl groups is 2. The molecule has 1 heterocycles. The Morgan fingerprint density at radius 2 is 1.89 bits per heavy atom. The monoisotopic (exact) mass is 384 g/mol. The second-order valence-electron chi connectivity index (χ2n) is 6.71. The van der Waals surface area contributed by atoms with Gasteiger partial charge in [0, 0.05) is 31.3 Å². The van der Waals surface area contributed by atoms with Crippen molar-refractivity contribution in [1.29, 1.82) is 0 Å². The molecule has 0 fully saturated rings. The highest BCUT2D eigenvalue weighted by atomic mass is 16.5. The maximum Gasteiger partial charge on any atom is 0.254 e. The quantitative estimate of drug-likeness (QED) is 0.529. The number of aliphatic hydroxyl groups excluding tert-OH is 2. The van der Waals surface area contributed by atoms with E-state index in [2.05, 4.69) is 10.6 Å². The summed E-state index contributed by atoms with van der Waals surface area (Å²) >= 11 is 0. The number of hydrogen-bond acceptors (Lipinski definition) is 5. The van der Waals surface area contributed by atoms with Gasteiger partial charge in [-0.2, -0.15) is 0 Å². The minimum Gasteiger partial charge on any atom is -0.491 e.